The van der Waals surface area contributed by atoms with E-state index in [1.54, 1.807) is 0 Å². The van der Waals surface area contributed by atoms with Crippen LogP contribution in [-0.4, -0.2) is 34.7 Å². The van der Waals surface area contributed by atoms with Gasteiger partial charge >= 0.3 is 5.97 Å². The van der Waals surface area contributed by atoms with Gasteiger partial charge in [0.2, 0.25) is 0 Å². The Labute approximate surface area is 134 Å². The Bertz CT molecular complexity index is 377. The van der Waals surface area contributed by atoms with Crippen LogP contribution in [0, 0.1) is 5.92 Å². The highest BCUT2D eigenvalue weighted by Crippen LogP contribution is 2.53. The highest BCUT2D eigenvalue weighted by Gasteiger charge is 2.40. The number of hydrogen-bond donors (Lipinski definition) is 2. The Balaban J connectivity index is 1.62. The third-order valence-electron chi connectivity index (χ3n) is 4.88. The molecule has 5 unspecified atom stereocenters. The molecular weight excluding hydrogens is 304 g/mol. The summed E-state index contributed by atoms with van der Waals surface area (Å²) in [5.74, 6) is -0.0455. The number of carbonyl (C=O) groups excluding carboxylic acids is 1. The minimum absolute atomic E-state index is 0.0101. The van der Waals surface area contributed by atoms with Crippen LogP contribution in [0.5, 0.6) is 0 Å². The lowest BCUT2D eigenvalue weighted by atomic mass is 9.94. The number of rotatable bonds is 2. The normalized spacial score (nSPS) is 41.3. The summed E-state index contributed by atoms with van der Waals surface area (Å²) in [6, 6.07) is 0.194. The van der Waals surface area contributed by atoms with E-state index in [1.165, 1.54) is 12.8 Å². The molecule has 4 N–H and O–H groups in total. The molecule has 1 aliphatic heterocycles. The predicted octanol–water partition coefficient (Wildman–Crippen LogP) is 2.45. The number of nitrogens with two attached hydrogens (primary N) is 2. The van der Waals surface area contributed by atoms with Gasteiger partial charge in [-0.05, 0) is 51.4 Å². The molecule has 1 saturated heterocycles. The zero-order chi connectivity index (χ0) is 14.8. The lowest BCUT2D eigenvalue weighted by Gasteiger charge is -2.36. The fourth-order valence-corrected chi connectivity index (χ4v) is 6.71. The third-order valence-corrected chi connectivity index (χ3v) is 8.52. The fraction of sp³-hybridized carbons (Fsp3) is 0.933. The van der Waals surface area contributed by atoms with Crippen molar-refractivity contribution in [3.05, 3.63) is 0 Å². The van der Waals surface area contributed by atoms with Crippen molar-refractivity contribution in [3.8, 4) is 0 Å². The largest absolute Gasteiger partial charge is 0.462 e. The van der Waals surface area contributed by atoms with Gasteiger partial charge in [0.1, 0.15) is 6.10 Å². The van der Waals surface area contributed by atoms with Gasteiger partial charge in [-0.1, -0.05) is 21.6 Å². The third kappa shape index (κ3) is 4.09. The maximum Gasteiger partial charge on any atom is 0.309 e. The summed E-state index contributed by atoms with van der Waals surface area (Å²) in [5, 5.41) is 1.14. The van der Waals surface area contributed by atoms with Gasteiger partial charge in [0, 0.05) is 22.6 Å². The highest BCUT2D eigenvalue weighted by atomic mass is 33.1. The Morgan fingerprint density at radius 2 is 1.52 bits per heavy atom. The van der Waals surface area contributed by atoms with Crippen LogP contribution in [-0.2, 0) is 9.53 Å². The molecule has 5 atom stereocenters. The number of esters is 1. The average Bonchev–Trinajstić information content (AvgIpc) is 2.91. The monoisotopic (exact) mass is 330 g/mol. The van der Waals surface area contributed by atoms with Crippen LogP contribution in [0.4, 0.5) is 0 Å². The standard InChI is InChI=1S/C15H26N2O2S2/c16-10-5-9(15(18)19-12-3-1-2-4-12)6-13-14(21-20-13)8-11(17)7-10/h9-14H,1-8,16-17H2. The van der Waals surface area contributed by atoms with Crippen molar-refractivity contribution in [1.82, 2.24) is 0 Å². The average molecular weight is 331 g/mol. The second-order valence-corrected chi connectivity index (χ2v) is 9.52. The molecule has 2 aliphatic carbocycles. The van der Waals surface area contributed by atoms with E-state index in [0.717, 1.165) is 38.5 Å². The molecule has 0 aromatic heterocycles. The van der Waals surface area contributed by atoms with Gasteiger partial charge in [-0.25, -0.2) is 0 Å². The van der Waals surface area contributed by atoms with Gasteiger partial charge in [-0.15, -0.1) is 0 Å². The summed E-state index contributed by atoms with van der Waals surface area (Å²) in [6.07, 6.45) is 8.09. The molecule has 3 aliphatic rings. The summed E-state index contributed by atoms with van der Waals surface area (Å²) in [6.45, 7) is 0. The van der Waals surface area contributed by atoms with Crippen molar-refractivity contribution >= 4 is 27.6 Å². The Hall–Kier alpha value is 0.0900. The first-order valence-electron chi connectivity index (χ1n) is 8.15. The molecule has 0 aromatic carbocycles. The lowest BCUT2D eigenvalue weighted by molar-refractivity contribution is -0.154. The second-order valence-electron chi connectivity index (χ2n) is 6.77. The summed E-state index contributed by atoms with van der Waals surface area (Å²) >= 11 is 0. The molecule has 2 saturated carbocycles. The van der Waals surface area contributed by atoms with Crippen LogP contribution < -0.4 is 11.5 Å². The fourth-order valence-electron chi connectivity index (χ4n) is 3.68. The summed E-state index contributed by atoms with van der Waals surface area (Å²) in [7, 11) is 3.82. The number of fused-ring (bicyclic) bond motifs is 1. The van der Waals surface area contributed by atoms with E-state index in [1.807, 2.05) is 21.6 Å². The molecule has 0 bridgehead atoms. The molecule has 0 aromatic rings. The van der Waals surface area contributed by atoms with Crippen LogP contribution >= 0.6 is 21.6 Å². The number of carbonyl (C=O) groups is 1. The van der Waals surface area contributed by atoms with Crippen molar-refractivity contribution in [2.75, 3.05) is 0 Å². The smallest absolute Gasteiger partial charge is 0.309 e. The van der Waals surface area contributed by atoms with E-state index < -0.39 is 0 Å². The molecule has 0 radical (unpaired) electrons. The maximum absolute atomic E-state index is 12.5. The zero-order valence-corrected chi connectivity index (χ0v) is 14.0. The van der Waals surface area contributed by atoms with Gasteiger partial charge in [-0.2, -0.15) is 0 Å². The molecular formula is C15H26N2O2S2. The predicted molar refractivity (Wildman–Crippen MR) is 89.0 cm³/mol. The highest BCUT2D eigenvalue weighted by molar-refractivity contribution is 8.80. The van der Waals surface area contributed by atoms with Crippen molar-refractivity contribution in [2.45, 2.75) is 80.1 Å². The van der Waals surface area contributed by atoms with E-state index in [-0.39, 0.29) is 30.1 Å². The zero-order valence-electron chi connectivity index (χ0n) is 12.4. The van der Waals surface area contributed by atoms with Crippen molar-refractivity contribution in [1.29, 1.82) is 0 Å². The van der Waals surface area contributed by atoms with E-state index >= 15 is 0 Å². The van der Waals surface area contributed by atoms with Crippen molar-refractivity contribution in [2.24, 2.45) is 17.4 Å². The van der Waals surface area contributed by atoms with Gasteiger partial charge in [0.15, 0.2) is 0 Å². The first kappa shape index (κ1) is 16.0. The minimum Gasteiger partial charge on any atom is -0.462 e. The number of hydrogen-bond acceptors (Lipinski definition) is 6. The van der Waals surface area contributed by atoms with Gasteiger partial charge < -0.3 is 16.2 Å². The Kier molecular flexibility index (Phi) is 5.41. The van der Waals surface area contributed by atoms with Crippen molar-refractivity contribution < 1.29 is 9.53 Å². The van der Waals surface area contributed by atoms with Crippen LogP contribution in [0.2, 0.25) is 0 Å². The van der Waals surface area contributed by atoms with Crippen LogP contribution in [0.3, 0.4) is 0 Å². The van der Waals surface area contributed by atoms with Gasteiger partial charge in [0.05, 0.1) is 5.92 Å². The summed E-state index contributed by atoms with van der Waals surface area (Å²) in [4.78, 5) is 12.5. The van der Waals surface area contributed by atoms with E-state index in [4.69, 9.17) is 16.2 Å². The first-order chi connectivity index (χ1) is 10.1. The minimum atomic E-state index is -0.0354. The molecule has 0 amide bonds. The summed E-state index contributed by atoms with van der Waals surface area (Å²) < 4.78 is 5.73. The molecule has 4 nitrogen and oxygen atoms in total. The quantitative estimate of drug-likeness (QED) is 0.598. The van der Waals surface area contributed by atoms with E-state index in [2.05, 4.69) is 0 Å². The maximum atomic E-state index is 12.5. The van der Waals surface area contributed by atoms with Crippen molar-refractivity contribution in [3.63, 3.8) is 0 Å². The second kappa shape index (κ2) is 7.11. The van der Waals surface area contributed by atoms with Gasteiger partial charge in [-0.3, -0.25) is 4.79 Å². The van der Waals surface area contributed by atoms with Crippen LogP contribution in [0.1, 0.15) is 51.4 Å². The topological polar surface area (TPSA) is 78.3 Å². The van der Waals surface area contributed by atoms with E-state index in [0.29, 0.717) is 10.5 Å². The van der Waals surface area contributed by atoms with Crippen LogP contribution in [0.25, 0.3) is 0 Å². The Morgan fingerprint density at radius 3 is 2.19 bits per heavy atom. The molecule has 0 spiro atoms. The number of ether oxygens (including phenoxy) is 1. The SMILES string of the molecule is NC1CC(N)CC2SSC2CC(C(=O)OC2CCCC2)C1. The molecule has 21 heavy (non-hydrogen) atoms. The first-order valence-corrected chi connectivity index (χ1v) is 10.4. The molecule has 3 rings (SSSR count). The molecule has 120 valence electrons. The van der Waals surface area contributed by atoms with Crippen LogP contribution in [0.15, 0.2) is 0 Å². The molecule has 3 fully saturated rings. The van der Waals surface area contributed by atoms with E-state index in [9.17, 15) is 4.79 Å². The summed E-state index contributed by atoms with van der Waals surface area (Å²) in [5.41, 5.74) is 12.4. The molecule has 6 heteroatoms. The molecule has 1 heterocycles. The lowest BCUT2D eigenvalue weighted by Crippen LogP contribution is -2.36. The Morgan fingerprint density at radius 1 is 0.905 bits per heavy atom. The van der Waals surface area contributed by atoms with Gasteiger partial charge in [0.25, 0.3) is 0 Å².